The molecule has 1 fully saturated rings. The molecule has 2 N–H and O–H groups in total. The van der Waals surface area contributed by atoms with Crippen LogP contribution in [-0.4, -0.2) is 56.8 Å². The number of esters is 1. The molecule has 0 aliphatic carbocycles. The van der Waals surface area contributed by atoms with Gasteiger partial charge in [0.2, 0.25) is 11.9 Å². The van der Waals surface area contributed by atoms with Crippen LogP contribution in [0.5, 0.6) is 0 Å². The number of amides is 1. The lowest BCUT2D eigenvalue weighted by Gasteiger charge is -2.22. The molecule has 0 bridgehead atoms. The Labute approximate surface area is 179 Å². The Hall–Kier alpha value is -2.82. The highest BCUT2D eigenvalue weighted by atomic mass is 19.1. The number of halogens is 1. The minimum absolute atomic E-state index is 0.0356. The molecule has 3 heterocycles. The number of imidazole rings is 1. The molecule has 2 aromatic rings. The minimum Gasteiger partial charge on any atom is -0.463 e. The van der Waals surface area contributed by atoms with E-state index in [1.807, 2.05) is 0 Å². The van der Waals surface area contributed by atoms with Crippen molar-refractivity contribution in [1.29, 1.82) is 0 Å². The zero-order valence-electron chi connectivity index (χ0n) is 18.6. The van der Waals surface area contributed by atoms with Crippen molar-refractivity contribution in [3.8, 4) is 0 Å². The summed E-state index contributed by atoms with van der Waals surface area (Å²) in [4.78, 5) is 36.8. The first kappa shape index (κ1) is 22.9. The van der Waals surface area contributed by atoms with Gasteiger partial charge in [0.25, 0.3) is 0 Å². The highest BCUT2D eigenvalue weighted by Gasteiger charge is 2.48. The molecule has 1 aliphatic heterocycles. The van der Waals surface area contributed by atoms with E-state index in [1.165, 1.54) is 17.8 Å². The van der Waals surface area contributed by atoms with Crippen molar-refractivity contribution in [2.75, 3.05) is 24.3 Å². The second-order valence-electron chi connectivity index (χ2n) is 8.49. The lowest BCUT2D eigenvalue weighted by molar-refractivity contribution is -0.152. The standard InChI is InChI=1S/C20H29FN6O4/c1-10(2)16(28)26-19-24-14(22-6)13-15(25-19)27(9-23-13)18-20(5,21)7-12(31-18)8-30-17(29)11(3)4/h9-12,18H,7-8H2,1-6H3,(H2,22,24,25,26,28)/t12-,18+,20+/m0/s1. The van der Waals surface area contributed by atoms with Gasteiger partial charge in [-0.15, -0.1) is 0 Å². The number of alkyl halides is 1. The summed E-state index contributed by atoms with van der Waals surface area (Å²) in [7, 11) is 1.67. The fourth-order valence-electron chi connectivity index (χ4n) is 3.29. The zero-order valence-corrected chi connectivity index (χ0v) is 18.6. The van der Waals surface area contributed by atoms with Crippen LogP contribution in [-0.2, 0) is 19.1 Å². The van der Waals surface area contributed by atoms with E-state index in [9.17, 15) is 9.59 Å². The zero-order chi connectivity index (χ0) is 22.9. The van der Waals surface area contributed by atoms with Crippen LogP contribution < -0.4 is 10.6 Å². The summed E-state index contributed by atoms with van der Waals surface area (Å²) < 4.78 is 28.0. The number of carbonyl (C=O) groups excluding carboxylic acids is 2. The number of hydrogen-bond acceptors (Lipinski definition) is 8. The summed E-state index contributed by atoms with van der Waals surface area (Å²) in [6.07, 6.45) is -0.164. The van der Waals surface area contributed by atoms with Crippen LogP contribution in [0.4, 0.5) is 16.2 Å². The van der Waals surface area contributed by atoms with Crippen molar-refractivity contribution in [3.05, 3.63) is 6.33 Å². The van der Waals surface area contributed by atoms with E-state index in [1.54, 1.807) is 34.7 Å². The fraction of sp³-hybridized carbons (Fsp3) is 0.650. The highest BCUT2D eigenvalue weighted by molar-refractivity contribution is 5.92. The van der Waals surface area contributed by atoms with Gasteiger partial charge in [-0.05, 0) is 6.92 Å². The lowest BCUT2D eigenvalue weighted by Crippen LogP contribution is -2.27. The van der Waals surface area contributed by atoms with Crippen LogP contribution in [0.3, 0.4) is 0 Å². The molecule has 0 saturated carbocycles. The van der Waals surface area contributed by atoms with Crippen LogP contribution in [0, 0.1) is 11.8 Å². The van der Waals surface area contributed by atoms with E-state index in [0.29, 0.717) is 17.0 Å². The summed E-state index contributed by atoms with van der Waals surface area (Å²) in [6, 6.07) is 0. The quantitative estimate of drug-likeness (QED) is 0.636. The first-order valence-corrected chi connectivity index (χ1v) is 10.3. The van der Waals surface area contributed by atoms with Crippen molar-refractivity contribution in [2.45, 2.75) is 59.0 Å². The van der Waals surface area contributed by atoms with Crippen molar-refractivity contribution in [2.24, 2.45) is 11.8 Å². The van der Waals surface area contributed by atoms with Gasteiger partial charge in [0, 0.05) is 19.4 Å². The third-order valence-corrected chi connectivity index (χ3v) is 5.02. The molecular weight excluding hydrogens is 407 g/mol. The third-order valence-electron chi connectivity index (χ3n) is 5.02. The Morgan fingerprint density at radius 2 is 2.03 bits per heavy atom. The second kappa shape index (κ2) is 8.74. The number of rotatable bonds is 7. The number of nitrogens with zero attached hydrogens (tertiary/aromatic N) is 4. The van der Waals surface area contributed by atoms with Gasteiger partial charge in [-0.3, -0.25) is 19.5 Å². The Balaban J connectivity index is 1.90. The first-order valence-electron chi connectivity index (χ1n) is 10.3. The average Bonchev–Trinajstić information content (AvgIpc) is 3.24. The molecule has 2 aromatic heterocycles. The number of hydrogen-bond donors (Lipinski definition) is 2. The molecule has 10 nitrogen and oxygen atoms in total. The number of carbonyl (C=O) groups is 2. The van der Waals surface area contributed by atoms with Crippen LogP contribution in [0.15, 0.2) is 6.33 Å². The molecule has 0 radical (unpaired) electrons. The fourth-order valence-corrected chi connectivity index (χ4v) is 3.29. The number of ether oxygens (including phenoxy) is 2. The maximum absolute atomic E-state index is 15.5. The maximum atomic E-state index is 15.5. The number of aromatic nitrogens is 4. The molecule has 0 spiro atoms. The van der Waals surface area contributed by atoms with E-state index >= 15 is 4.39 Å². The van der Waals surface area contributed by atoms with Gasteiger partial charge in [0.05, 0.1) is 18.3 Å². The van der Waals surface area contributed by atoms with Crippen LogP contribution >= 0.6 is 0 Å². The summed E-state index contributed by atoms with van der Waals surface area (Å²) in [5.41, 5.74) is -1.03. The lowest BCUT2D eigenvalue weighted by atomic mass is 10.0. The SMILES string of the molecule is CNc1nc(NC(=O)C(C)C)nc2c1ncn2[C@@H]1O[C@H](COC(=O)C(C)C)C[C@@]1(C)F. The first-order chi connectivity index (χ1) is 14.5. The molecule has 11 heteroatoms. The normalized spacial score (nSPS) is 23.5. The van der Waals surface area contributed by atoms with E-state index in [-0.39, 0.29) is 42.7 Å². The third kappa shape index (κ3) is 4.76. The van der Waals surface area contributed by atoms with Gasteiger partial charge < -0.3 is 14.8 Å². The summed E-state index contributed by atoms with van der Waals surface area (Å²) >= 11 is 0. The van der Waals surface area contributed by atoms with E-state index in [4.69, 9.17) is 9.47 Å². The van der Waals surface area contributed by atoms with Crippen molar-refractivity contribution in [1.82, 2.24) is 19.5 Å². The summed E-state index contributed by atoms with van der Waals surface area (Å²) in [6.45, 7) is 8.36. The van der Waals surface area contributed by atoms with Crippen LogP contribution in [0.1, 0.15) is 47.3 Å². The van der Waals surface area contributed by atoms with Gasteiger partial charge in [-0.1, -0.05) is 27.7 Å². The molecule has 1 saturated heterocycles. The average molecular weight is 436 g/mol. The van der Waals surface area contributed by atoms with Crippen molar-refractivity contribution < 1.29 is 23.5 Å². The smallest absolute Gasteiger partial charge is 0.308 e. The molecular formula is C20H29FN6O4. The molecule has 0 unspecified atom stereocenters. The summed E-state index contributed by atoms with van der Waals surface area (Å²) in [5, 5.41) is 5.57. The number of anilines is 2. The van der Waals surface area contributed by atoms with Crippen LogP contribution in [0.25, 0.3) is 11.2 Å². The molecule has 1 aliphatic rings. The predicted octanol–water partition coefficient (Wildman–Crippen LogP) is 2.68. The van der Waals surface area contributed by atoms with Gasteiger partial charge in [0.15, 0.2) is 28.9 Å². The van der Waals surface area contributed by atoms with Gasteiger partial charge >= 0.3 is 5.97 Å². The molecule has 1 amide bonds. The van der Waals surface area contributed by atoms with E-state index in [0.717, 1.165) is 0 Å². The number of nitrogens with one attached hydrogen (secondary N) is 2. The van der Waals surface area contributed by atoms with Crippen molar-refractivity contribution in [3.63, 3.8) is 0 Å². The number of fused-ring (bicyclic) bond motifs is 1. The van der Waals surface area contributed by atoms with Gasteiger partial charge in [0.1, 0.15) is 6.61 Å². The molecule has 3 atom stereocenters. The van der Waals surface area contributed by atoms with Crippen molar-refractivity contribution >= 4 is 34.8 Å². The second-order valence-corrected chi connectivity index (χ2v) is 8.49. The molecule has 31 heavy (non-hydrogen) atoms. The Bertz CT molecular complexity index is 974. The van der Waals surface area contributed by atoms with Gasteiger partial charge in [-0.25, -0.2) is 9.37 Å². The summed E-state index contributed by atoms with van der Waals surface area (Å²) in [5.74, 6) is -0.668. The van der Waals surface area contributed by atoms with Crippen LogP contribution in [0.2, 0.25) is 0 Å². The van der Waals surface area contributed by atoms with E-state index < -0.39 is 18.0 Å². The Morgan fingerprint density at radius 3 is 2.65 bits per heavy atom. The van der Waals surface area contributed by atoms with E-state index in [2.05, 4.69) is 25.6 Å². The van der Waals surface area contributed by atoms with Gasteiger partial charge in [-0.2, -0.15) is 9.97 Å². The molecule has 0 aromatic carbocycles. The Morgan fingerprint density at radius 1 is 1.32 bits per heavy atom. The predicted molar refractivity (Wildman–Crippen MR) is 112 cm³/mol. The highest BCUT2D eigenvalue weighted by Crippen LogP contribution is 2.42. The largest absolute Gasteiger partial charge is 0.463 e. The monoisotopic (exact) mass is 436 g/mol. The molecule has 170 valence electrons. The molecule has 3 rings (SSSR count). The topological polar surface area (TPSA) is 120 Å². The maximum Gasteiger partial charge on any atom is 0.308 e. The Kier molecular flexibility index (Phi) is 6.44. The minimum atomic E-state index is -1.76.